The third-order valence-corrected chi connectivity index (χ3v) is 2.97. The molecule has 0 saturated heterocycles. The third-order valence-electron chi connectivity index (χ3n) is 2.97. The molecule has 0 unspecified atom stereocenters. The summed E-state index contributed by atoms with van der Waals surface area (Å²) in [5, 5.41) is 22.6. The zero-order chi connectivity index (χ0) is 16.7. The van der Waals surface area contributed by atoms with E-state index in [1.807, 2.05) is 6.92 Å². The maximum atomic E-state index is 11.3. The Labute approximate surface area is 132 Å². The summed E-state index contributed by atoms with van der Waals surface area (Å²) >= 11 is 0. The smallest absolute Gasteiger partial charge is 0.315 e. The quantitative estimate of drug-likeness (QED) is 0.320. The molecule has 9 heteroatoms. The molecule has 122 valence electrons. The Morgan fingerprint density at radius 1 is 1.39 bits per heavy atom. The summed E-state index contributed by atoms with van der Waals surface area (Å²) in [5.41, 5.74) is 0.343. The van der Waals surface area contributed by atoms with Crippen LogP contribution in [-0.2, 0) is 0 Å². The molecule has 1 aromatic heterocycles. The summed E-state index contributed by atoms with van der Waals surface area (Å²) < 4.78 is 12.1. The van der Waals surface area contributed by atoms with Crippen molar-refractivity contribution in [2.75, 3.05) is 13.7 Å². The van der Waals surface area contributed by atoms with Crippen LogP contribution in [0.15, 0.2) is 29.9 Å². The molecule has 0 aliphatic heterocycles. The van der Waals surface area contributed by atoms with E-state index in [1.165, 1.54) is 36.7 Å². The number of nitrogens with zero attached hydrogens (tertiary/aromatic N) is 5. The largest absolute Gasteiger partial charge is 0.493 e. The molecule has 0 radical (unpaired) electrons. The van der Waals surface area contributed by atoms with E-state index in [2.05, 4.69) is 15.3 Å². The van der Waals surface area contributed by atoms with Gasteiger partial charge in [0.1, 0.15) is 12.7 Å². The SMILES string of the molecule is CCCCOc1c(OC)cc(/C=N\n2cnnc2)cc1[N+](=O)[O-]. The predicted molar refractivity (Wildman–Crippen MR) is 83.1 cm³/mol. The molecule has 0 atom stereocenters. The van der Waals surface area contributed by atoms with E-state index in [9.17, 15) is 10.1 Å². The number of unbranched alkanes of at least 4 members (excludes halogenated alkanes) is 1. The second-order valence-electron chi connectivity index (χ2n) is 4.62. The van der Waals surface area contributed by atoms with Crippen LogP contribution in [-0.4, -0.2) is 39.7 Å². The van der Waals surface area contributed by atoms with Crippen LogP contribution in [0.4, 0.5) is 5.69 Å². The normalized spacial score (nSPS) is 10.9. The molecular formula is C14H17N5O4. The van der Waals surface area contributed by atoms with Crippen molar-refractivity contribution in [2.24, 2.45) is 5.10 Å². The topological polar surface area (TPSA) is 105 Å². The number of methoxy groups -OCH3 is 1. The number of ether oxygens (including phenoxy) is 2. The lowest BCUT2D eigenvalue weighted by atomic mass is 10.2. The average molecular weight is 319 g/mol. The van der Waals surface area contributed by atoms with Gasteiger partial charge in [0.25, 0.3) is 0 Å². The van der Waals surface area contributed by atoms with Crippen molar-refractivity contribution in [1.82, 2.24) is 14.9 Å². The second kappa shape index (κ2) is 7.87. The van der Waals surface area contributed by atoms with Crippen molar-refractivity contribution in [1.29, 1.82) is 0 Å². The van der Waals surface area contributed by atoms with E-state index in [-0.39, 0.29) is 11.4 Å². The Kier molecular flexibility index (Phi) is 5.61. The van der Waals surface area contributed by atoms with Crippen molar-refractivity contribution in [3.63, 3.8) is 0 Å². The van der Waals surface area contributed by atoms with Gasteiger partial charge in [0.15, 0.2) is 5.75 Å². The first-order valence-corrected chi connectivity index (χ1v) is 7.04. The van der Waals surface area contributed by atoms with E-state index in [1.54, 1.807) is 6.07 Å². The lowest BCUT2D eigenvalue weighted by Crippen LogP contribution is -2.03. The van der Waals surface area contributed by atoms with Crippen LogP contribution in [0.5, 0.6) is 11.5 Å². The summed E-state index contributed by atoms with van der Waals surface area (Å²) in [6, 6.07) is 3.01. The molecule has 0 N–H and O–H groups in total. The standard InChI is InChI=1S/C14H17N5O4/c1-3-4-5-23-14-12(19(20)21)6-11(7-13(14)22-2)8-17-18-9-15-16-10-18/h6-10H,3-5H2,1-2H3/b17-8-. The number of nitro benzene ring substituents is 1. The fraction of sp³-hybridized carbons (Fsp3) is 0.357. The first-order chi connectivity index (χ1) is 11.2. The van der Waals surface area contributed by atoms with Crippen LogP contribution in [0.1, 0.15) is 25.3 Å². The van der Waals surface area contributed by atoms with Crippen LogP contribution >= 0.6 is 0 Å². The Balaban J connectivity index is 2.34. The Bertz CT molecular complexity index is 685. The van der Waals surface area contributed by atoms with E-state index in [0.29, 0.717) is 17.9 Å². The van der Waals surface area contributed by atoms with E-state index in [4.69, 9.17) is 9.47 Å². The summed E-state index contributed by atoms with van der Waals surface area (Å²) in [4.78, 5) is 10.8. The number of aromatic nitrogens is 3. The van der Waals surface area contributed by atoms with E-state index in [0.717, 1.165) is 12.8 Å². The minimum Gasteiger partial charge on any atom is -0.493 e. The van der Waals surface area contributed by atoms with Gasteiger partial charge in [-0.05, 0) is 12.5 Å². The van der Waals surface area contributed by atoms with Crippen molar-refractivity contribution in [2.45, 2.75) is 19.8 Å². The maximum absolute atomic E-state index is 11.3. The van der Waals surface area contributed by atoms with Crippen LogP contribution in [0.3, 0.4) is 0 Å². The Morgan fingerprint density at radius 2 is 2.13 bits per heavy atom. The van der Waals surface area contributed by atoms with Gasteiger partial charge < -0.3 is 9.47 Å². The van der Waals surface area contributed by atoms with Crippen molar-refractivity contribution < 1.29 is 14.4 Å². The van der Waals surface area contributed by atoms with Crippen molar-refractivity contribution in [3.8, 4) is 11.5 Å². The van der Waals surface area contributed by atoms with Gasteiger partial charge >= 0.3 is 5.69 Å². The van der Waals surface area contributed by atoms with Gasteiger partial charge in [0, 0.05) is 11.6 Å². The van der Waals surface area contributed by atoms with E-state index < -0.39 is 4.92 Å². The number of hydrogen-bond acceptors (Lipinski definition) is 7. The van der Waals surface area contributed by atoms with Crippen LogP contribution < -0.4 is 9.47 Å². The monoisotopic (exact) mass is 319 g/mol. The van der Waals surface area contributed by atoms with Gasteiger partial charge in [0.05, 0.1) is 24.9 Å². The van der Waals surface area contributed by atoms with Crippen molar-refractivity contribution >= 4 is 11.9 Å². The zero-order valence-corrected chi connectivity index (χ0v) is 12.9. The average Bonchev–Trinajstić information content (AvgIpc) is 3.06. The molecule has 1 aromatic carbocycles. The summed E-state index contributed by atoms with van der Waals surface area (Å²) in [7, 11) is 1.44. The van der Waals surface area contributed by atoms with Gasteiger partial charge in [-0.3, -0.25) is 10.1 Å². The molecule has 23 heavy (non-hydrogen) atoms. The first kappa shape index (κ1) is 16.4. The molecule has 0 aliphatic carbocycles. The minimum absolute atomic E-state index is 0.132. The number of hydrogen-bond donors (Lipinski definition) is 0. The second-order valence-corrected chi connectivity index (χ2v) is 4.62. The number of benzene rings is 1. The van der Waals surface area contributed by atoms with Gasteiger partial charge in [-0.15, -0.1) is 10.2 Å². The van der Waals surface area contributed by atoms with Gasteiger partial charge in [-0.25, -0.2) is 4.68 Å². The molecule has 9 nitrogen and oxygen atoms in total. The highest BCUT2D eigenvalue weighted by Crippen LogP contribution is 2.38. The molecule has 0 saturated carbocycles. The molecule has 0 spiro atoms. The Morgan fingerprint density at radius 3 is 2.74 bits per heavy atom. The maximum Gasteiger partial charge on any atom is 0.315 e. The fourth-order valence-electron chi connectivity index (χ4n) is 1.82. The van der Waals surface area contributed by atoms with Crippen LogP contribution in [0, 0.1) is 10.1 Å². The van der Waals surface area contributed by atoms with Gasteiger partial charge in [-0.1, -0.05) is 13.3 Å². The summed E-state index contributed by atoms with van der Waals surface area (Å²) in [6.07, 6.45) is 6.00. The highest BCUT2D eigenvalue weighted by molar-refractivity contribution is 5.83. The first-order valence-electron chi connectivity index (χ1n) is 7.04. The molecule has 0 bridgehead atoms. The van der Waals surface area contributed by atoms with Crippen molar-refractivity contribution in [3.05, 3.63) is 40.5 Å². The molecule has 1 heterocycles. The molecule has 0 aliphatic rings. The van der Waals surface area contributed by atoms with Crippen LogP contribution in [0.2, 0.25) is 0 Å². The highest BCUT2D eigenvalue weighted by atomic mass is 16.6. The lowest BCUT2D eigenvalue weighted by molar-refractivity contribution is -0.386. The highest BCUT2D eigenvalue weighted by Gasteiger charge is 2.22. The van der Waals surface area contributed by atoms with Gasteiger partial charge in [-0.2, -0.15) is 5.10 Å². The zero-order valence-electron chi connectivity index (χ0n) is 12.9. The molecule has 2 rings (SSSR count). The van der Waals surface area contributed by atoms with Crippen LogP contribution in [0.25, 0.3) is 0 Å². The molecule has 0 fully saturated rings. The number of nitro groups is 1. The predicted octanol–water partition coefficient (Wildman–Crippen LogP) is 2.26. The molecule has 0 amide bonds. The summed E-state index contributed by atoms with van der Waals surface area (Å²) in [5.74, 6) is 0.424. The molecular weight excluding hydrogens is 302 g/mol. The van der Waals surface area contributed by atoms with E-state index >= 15 is 0 Å². The summed E-state index contributed by atoms with van der Waals surface area (Å²) in [6.45, 7) is 2.40. The Hall–Kier alpha value is -2.97. The lowest BCUT2D eigenvalue weighted by Gasteiger charge is -2.11. The third kappa shape index (κ3) is 4.25. The number of rotatable bonds is 8. The fourth-order valence-corrected chi connectivity index (χ4v) is 1.82. The van der Waals surface area contributed by atoms with Gasteiger partial charge in [0.2, 0.25) is 5.75 Å². The molecule has 2 aromatic rings. The minimum atomic E-state index is -0.500.